The second kappa shape index (κ2) is 7.65. The normalized spacial score (nSPS) is 11.3. The Labute approximate surface area is 151 Å². The van der Waals surface area contributed by atoms with Gasteiger partial charge in [-0.3, -0.25) is 9.78 Å². The standard InChI is InChI=1S/C18H14F3N3OS/c19-18(20,21)13-6-4-12(5-7-13)17-24-15(11-26-17)9-16(25)23-10-14-3-1-2-8-22-14/h1-8,11H,9-10H2,(H,23,25). The van der Waals surface area contributed by atoms with Gasteiger partial charge >= 0.3 is 6.18 Å². The highest BCUT2D eigenvalue weighted by Gasteiger charge is 2.30. The first-order valence-corrected chi connectivity index (χ1v) is 8.58. The van der Waals surface area contributed by atoms with Gasteiger partial charge in [0.15, 0.2) is 0 Å². The molecule has 0 aliphatic heterocycles. The first-order chi connectivity index (χ1) is 12.4. The van der Waals surface area contributed by atoms with E-state index in [-0.39, 0.29) is 12.3 Å². The number of hydrogen-bond donors (Lipinski definition) is 1. The van der Waals surface area contributed by atoms with Crippen LogP contribution in [0.5, 0.6) is 0 Å². The van der Waals surface area contributed by atoms with Crippen molar-refractivity contribution >= 4 is 17.2 Å². The van der Waals surface area contributed by atoms with Gasteiger partial charge in [0.25, 0.3) is 0 Å². The Balaban J connectivity index is 1.60. The number of carbonyl (C=O) groups excluding carboxylic acids is 1. The number of carbonyl (C=O) groups is 1. The van der Waals surface area contributed by atoms with Gasteiger partial charge in [-0.15, -0.1) is 11.3 Å². The smallest absolute Gasteiger partial charge is 0.350 e. The van der Waals surface area contributed by atoms with Gasteiger partial charge in [-0.05, 0) is 24.3 Å². The molecule has 0 aliphatic rings. The Bertz CT molecular complexity index is 877. The van der Waals surface area contributed by atoms with Crippen molar-refractivity contribution in [3.8, 4) is 10.6 Å². The fourth-order valence-electron chi connectivity index (χ4n) is 2.24. The monoisotopic (exact) mass is 377 g/mol. The van der Waals surface area contributed by atoms with Gasteiger partial charge < -0.3 is 5.32 Å². The van der Waals surface area contributed by atoms with Crippen LogP contribution in [-0.2, 0) is 23.9 Å². The zero-order valence-corrected chi connectivity index (χ0v) is 14.3. The van der Waals surface area contributed by atoms with E-state index in [2.05, 4.69) is 15.3 Å². The van der Waals surface area contributed by atoms with E-state index < -0.39 is 11.7 Å². The highest BCUT2D eigenvalue weighted by atomic mass is 32.1. The second-order valence-corrected chi connectivity index (χ2v) is 6.35. The molecule has 3 aromatic rings. The summed E-state index contributed by atoms with van der Waals surface area (Å²) < 4.78 is 37.8. The molecule has 0 spiro atoms. The Kier molecular flexibility index (Phi) is 5.32. The zero-order valence-electron chi connectivity index (χ0n) is 13.5. The summed E-state index contributed by atoms with van der Waals surface area (Å²) in [5.74, 6) is -0.195. The predicted molar refractivity (Wildman–Crippen MR) is 92.3 cm³/mol. The number of pyridine rings is 1. The minimum Gasteiger partial charge on any atom is -0.350 e. The SMILES string of the molecule is O=C(Cc1csc(-c2ccc(C(F)(F)F)cc2)n1)NCc1ccccn1. The van der Waals surface area contributed by atoms with E-state index >= 15 is 0 Å². The molecule has 0 radical (unpaired) electrons. The minimum atomic E-state index is -4.36. The maximum Gasteiger partial charge on any atom is 0.416 e. The number of hydrogen-bond acceptors (Lipinski definition) is 4. The van der Waals surface area contributed by atoms with E-state index in [1.54, 1.807) is 17.6 Å². The van der Waals surface area contributed by atoms with Crippen LogP contribution in [-0.4, -0.2) is 15.9 Å². The molecule has 1 amide bonds. The first kappa shape index (κ1) is 18.1. The molecule has 0 aliphatic carbocycles. The lowest BCUT2D eigenvalue weighted by atomic mass is 10.1. The van der Waals surface area contributed by atoms with Crippen LogP contribution in [0.2, 0.25) is 0 Å². The van der Waals surface area contributed by atoms with Crippen molar-refractivity contribution in [2.75, 3.05) is 0 Å². The topological polar surface area (TPSA) is 54.9 Å². The van der Waals surface area contributed by atoms with Gasteiger partial charge in [0.05, 0.1) is 29.9 Å². The summed E-state index contributed by atoms with van der Waals surface area (Å²) in [5.41, 5.74) is 1.21. The highest BCUT2D eigenvalue weighted by Crippen LogP contribution is 2.31. The lowest BCUT2D eigenvalue weighted by molar-refractivity contribution is -0.137. The average Bonchev–Trinajstić information content (AvgIpc) is 3.09. The number of halogens is 3. The van der Waals surface area contributed by atoms with Gasteiger partial charge in [0, 0.05) is 17.1 Å². The summed E-state index contributed by atoms with van der Waals surface area (Å²) in [6.07, 6.45) is -2.61. The lowest BCUT2D eigenvalue weighted by Crippen LogP contribution is -2.25. The molecule has 1 aromatic carbocycles. The minimum absolute atomic E-state index is 0.101. The van der Waals surface area contributed by atoms with Gasteiger partial charge in [-0.25, -0.2) is 4.98 Å². The third-order valence-electron chi connectivity index (χ3n) is 3.55. The average molecular weight is 377 g/mol. The Morgan fingerprint density at radius 3 is 2.50 bits per heavy atom. The number of aromatic nitrogens is 2. The Hall–Kier alpha value is -2.74. The summed E-state index contributed by atoms with van der Waals surface area (Å²) in [6, 6.07) is 10.3. The molecule has 1 N–H and O–H groups in total. The van der Waals surface area contributed by atoms with Crippen molar-refractivity contribution in [2.45, 2.75) is 19.1 Å². The van der Waals surface area contributed by atoms with E-state index in [0.717, 1.165) is 17.8 Å². The van der Waals surface area contributed by atoms with Crippen LogP contribution in [0.3, 0.4) is 0 Å². The fraction of sp³-hybridized carbons (Fsp3) is 0.167. The van der Waals surface area contributed by atoms with E-state index in [9.17, 15) is 18.0 Å². The molecule has 3 rings (SSSR count). The van der Waals surface area contributed by atoms with Crippen LogP contribution in [0.25, 0.3) is 10.6 Å². The molecule has 0 bridgehead atoms. The number of alkyl halides is 3. The van der Waals surface area contributed by atoms with Crippen molar-refractivity contribution in [3.63, 3.8) is 0 Å². The van der Waals surface area contributed by atoms with Crippen LogP contribution in [0.4, 0.5) is 13.2 Å². The van der Waals surface area contributed by atoms with Crippen LogP contribution in [0.1, 0.15) is 17.0 Å². The van der Waals surface area contributed by atoms with E-state index in [4.69, 9.17) is 0 Å². The summed E-state index contributed by atoms with van der Waals surface area (Å²) in [4.78, 5) is 20.4. The number of benzene rings is 1. The zero-order chi connectivity index (χ0) is 18.6. The third-order valence-corrected chi connectivity index (χ3v) is 4.49. The number of amides is 1. The largest absolute Gasteiger partial charge is 0.416 e. The second-order valence-electron chi connectivity index (χ2n) is 5.49. The Morgan fingerprint density at radius 1 is 1.08 bits per heavy atom. The van der Waals surface area contributed by atoms with E-state index in [0.29, 0.717) is 22.8 Å². The fourth-order valence-corrected chi connectivity index (χ4v) is 3.07. The molecule has 0 atom stereocenters. The molecular weight excluding hydrogens is 363 g/mol. The van der Waals surface area contributed by atoms with Crippen molar-refractivity contribution in [2.24, 2.45) is 0 Å². The molecule has 0 fully saturated rings. The molecule has 2 heterocycles. The van der Waals surface area contributed by atoms with E-state index in [1.165, 1.54) is 23.5 Å². The van der Waals surface area contributed by atoms with Gasteiger partial charge in [0.2, 0.25) is 5.91 Å². The van der Waals surface area contributed by atoms with Crippen LogP contribution < -0.4 is 5.32 Å². The summed E-state index contributed by atoms with van der Waals surface area (Å²) in [7, 11) is 0. The molecule has 0 unspecified atom stereocenters. The summed E-state index contributed by atoms with van der Waals surface area (Å²) >= 11 is 1.29. The maximum absolute atomic E-state index is 12.6. The summed E-state index contributed by atoms with van der Waals surface area (Å²) in [5, 5.41) is 5.06. The first-order valence-electron chi connectivity index (χ1n) is 7.70. The molecule has 26 heavy (non-hydrogen) atoms. The molecule has 134 valence electrons. The predicted octanol–water partition coefficient (Wildman–Crippen LogP) is 4.08. The molecule has 4 nitrogen and oxygen atoms in total. The number of rotatable bonds is 5. The van der Waals surface area contributed by atoms with Crippen LogP contribution in [0.15, 0.2) is 54.0 Å². The van der Waals surface area contributed by atoms with Gasteiger partial charge in [0.1, 0.15) is 5.01 Å². The molecule has 0 saturated heterocycles. The van der Waals surface area contributed by atoms with Crippen molar-refractivity contribution in [1.82, 2.24) is 15.3 Å². The van der Waals surface area contributed by atoms with Crippen molar-refractivity contribution < 1.29 is 18.0 Å². The van der Waals surface area contributed by atoms with Crippen molar-refractivity contribution in [1.29, 1.82) is 0 Å². The van der Waals surface area contributed by atoms with Crippen molar-refractivity contribution in [3.05, 3.63) is 71.0 Å². The molecule has 2 aromatic heterocycles. The third kappa shape index (κ3) is 4.66. The van der Waals surface area contributed by atoms with Gasteiger partial charge in [-0.2, -0.15) is 13.2 Å². The number of nitrogens with one attached hydrogen (secondary N) is 1. The van der Waals surface area contributed by atoms with Gasteiger partial charge in [-0.1, -0.05) is 18.2 Å². The Morgan fingerprint density at radius 2 is 1.85 bits per heavy atom. The molecule has 8 heteroatoms. The number of nitrogens with zero attached hydrogens (tertiary/aromatic N) is 2. The lowest BCUT2D eigenvalue weighted by Gasteiger charge is -2.06. The quantitative estimate of drug-likeness (QED) is 0.729. The summed E-state index contributed by atoms with van der Waals surface area (Å²) in [6.45, 7) is 0.329. The number of thiazole rings is 1. The van der Waals surface area contributed by atoms with E-state index in [1.807, 2.05) is 12.1 Å². The van der Waals surface area contributed by atoms with Crippen LogP contribution in [0, 0.1) is 0 Å². The van der Waals surface area contributed by atoms with Crippen LogP contribution >= 0.6 is 11.3 Å². The molecular formula is C18H14F3N3OS. The maximum atomic E-state index is 12.6. The highest BCUT2D eigenvalue weighted by molar-refractivity contribution is 7.13. The molecule has 0 saturated carbocycles.